The standard InChI is InChI=1S/C46H49F3N6O4/c1-3-5-6-7-15-36-37(59-45(56)58-36)25-54-29-17-19-35(54)34-14-9-13-33-39-42(40(49)41(50-33)31-12-8-11-27-16-18-32(48)30(4-2)38(27)31)51-44(52-43(39)55(34)24-29)57-26-46-20-10-21-53(46)23-28(47)22-46/h2,8,11-12,16,18,28-29,34-35H,3,5-7,9-10,13-15,17,19-26H2,1H3/t28-,29-,34-,35+,46+/m1/s1. The van der Waals surface area contributed by atoms with Gasteiger partial charge in [-0.1, -0.05) is 56.4 Å². The summed E-state index contributed by atoms with van der Waals surface area (Å²) in [4.78, 5) is 34.3. The van der Waals surface area contributed by atoms with Crippen LogP contribution in [0.3, 0.4) is 0 Å². The third kappa shape index (κ3) is 6.58. The van der Waals surface area contributed by atoms with Gasteiger partial charge >= 0.3 is 11.8 Å². The minimum Gasteiger partial charge on any atom is -0.461 e. The summed E-state index contributed by atoms with van der Waals surface area (Å²) < 4.78 is 65.3. The summed E-state index contributed by atoms with van der Waals surface area (Å²) in [6.45, 7) is 4.64. The van der Waals surface area contributed by atoms with Gasteiger partial charge in [0.1, 0.15) is 35.6 Å². The Bertz CT molecular complexity index is 2530. The SMILES string of the molecule is C#Cc1c(F)ccc2cccc(-c3nc4c5c(nc(OC[C@@]67CCCN6C[C@H](F)C7)nc5c3F)N3C[C@H]5CC[C@@H]([C@H]3CCC4)N5Cc3oc(=O)oc3CCCCCC)c12. The largest absolute Gasteiger partial charge is 0.519 e. The lowest BCUT2D eigenvalue weighted by Gasteiger charge is -2.48. The van der Waals surface area contributed by atoms with Gasteiger partial charge in [-0.25, -0.2) is 22.9 Å². The number of nitrogens with zero attached hydrogens (tertiary/aromatic N) is 6. The van der Waals surface area contributed by atoms with Crippen LogP contribution in [0.25, 0.3) is 32.9 Å². The first-order valence-corrected chi connectivity index (χ1v) is 21.5. The number of unbranched alkanes of at least 4 members (excludes halogenated alkanes) is 3. The number of terminal acetylenes is 1. The van der Waals surface area contributed by atoms with Crippen LogP contribution in [0.5, 0.6) is 6.01 Å². The Hall–Kier alpha value is -4.93. The van der Waals surface area contributed by atoms with Crippen LogP contribution in [0, 0.1) is 24.0 Å². The fourth-order valence-electron chi connectivity index (χ4n) is 11.2. The van der Waals surface area contributed by atoms with Crippen LogP contribution >= 0.6 is 0 Å². The van der Waals surface area contributed by atoms with Crippen molar-refractivity contribution in [3.05, 3.63) is 75.4 Å². The van der Waals surface area contributed by atoms with E-state index >= 15 is 8.78 Å². The van der Waals surface area contributed by atoms with E-state index < -0.39 is 29.2 Å². The maximum absolute atomic E-state index is 17.5. The molecule has 0 unspecified atom stereocenters. The molecular formula is C46H49F3N6O4. The van der Waals surface area contributed by atoms with Crippen LogP contribution in [0.1, 0.15) is 100 Å². The summed E-state index contributed by atoms with van der Waals surface area (Å²) in [5.41, 5.74) is 0.759. The number of fused-ring (bicyclic) bond motifs is 7. The molecule has 59 heavy (non-hydrogen) atoms. The molecule has 4 saturated heterocycles. The van der Waals surface area contributed by atoms with E-state index in [4.69, 9.17) is 34.9 Å². The van der Waals surface area contributed by atoms with Gasteiger partial charge in [-0.05, 0) is 69.4 Å². The van der Waals surface area contributed by atoms with E-state index in [-0.39, 0.29) is 47.5 Å². The quantitative estimate of drug-likeness (QED) is 0.0958. The average Bonchev–Trinajstić information content (AvgIpc) is 3.95. The summed E-state index contributed by atoms with van der Waals surface area (Å²) in [5.74, 6) is 2.42. The van der Waals surface area contributed by atoms with E-state index in [0.29, 0.717) is 83.7 Å². The summed E-state index contributed by atoms with van der Waals surface area (Å²) >= 11 is 0. The molecule has 10 nitrogen and oxygen atoms in total. The lowest BCUT2D eigenvalue weighted by Crippen LogP contribution is -2.60. The molecule has 5 aliphatic rings. The molecule has 2 bridgehead atoms. The highest BCUT2D eigenvalue weighted by atomic mass is 19.1. The van der Waals surface area contributed by atoms with E-state index in [1.54, 1.807) is 18.2 Å². The molecule has 0 aliphatic carbocycles. The highest BCUT2D eigenvalue weighted by molar-refractivity contribution is 6.02. The highest BCUT2D eigenvalue weighted by Gasteiger charge is 2.50. The number of halogens is 3. The van der Waals surface area contributed by atoms with Crippen molar-refractivity contribution >= 4 is 27.5 Å². The normalized spacial score (nSPS) is 25.3. The zero-order chi connectivity index (χ0) is 40.4. The Morgan fingerprint density at radius 1 is 0.983 bits per heavy atom. The van der Waals surface area contributed by atoms with Gasteiger partial charge in [0, 0.05) is 55.0 Å². The number of piperazine rings is 1. The summed E-state index contributed by atoms with van der Waals surface area (Å²) in [7, 11) is 0. The van der Waals surface area contributed by atoms with Crippen LogP contribution in [0.15, 0.2) is 44.0 Å². The molecule has 10 rings (SSSR count). The van der Waals surface area contributed by atoms with Crippen LogP contribution in [0.2, 0.25) is 0 Å². The van der Waals surface area contributed by atoms with Crippen LogP contribution < -0.4 is 15.5 Å². The number of ether oxygens (including phenoxy) is 1. The first kappa shape index (κ1) is 38.3. The first-order chi connectivity index (χ1) is 28.7. The topological polar surface area (TPSA) is 101 Å². The second-order valence-corrected chi connectivity index (χ2v) is 17.3. The molecule has 13 heteroatoms. The third-order valence-electron chi connectivity index (χ3n) is 13.9. The number of hydrogen-bond donors (Lipinski definition) is 0. The summed E-state index contributed by atoms with van der Waals surface area (Å²) in [6, 6.07) is 8.59. The fourth-order valence-corrected chi connectivity index (χ4v) is 11.2. The second-order valence-electron chi connectivity index (χ2n) is 17.3. The van der Waals surface area contributed by atoms with Gasteiger partial charge in [0.05, 0.1) is 28.7 Å². The molecule has 3 aromatic heterocycles. The Kier molecular flexibility index (Phi) is 9.91. The average molecular weight is 807 g/mol. The van der Waals surface area contributed by atoms with Gasteiger partial charge < -0.3 is 18.5 Å². The minimum atomic E-state index is -0.934. The number of hydrogen-bond acceptors (Lipinski definition) is 10. The minimum absolute atomic E-state index is 0.0208. The van der Waals surface area contributed by atoms with Gasteiger partial charge in [0.15, 0.2) is 17.3 Å². The molecule has 2 aromatic carbocycles. The van der Waals surface area contributed by atoms with Crippen LogP contribution in [-0.2, 0) is 19.4 Å². The molecule has 5 atom stereocenters. The van der Waals surface area contributed by atoms with E-state index in [2.05, 4.69) is 27.5 Å². The number of alkyl halides is 1. The Labute approximate surface area is 341 Å². The zero-order valence-corrected chi connectivity index (χ0v) is 33.5. The number of pyridine rings is 1. The lowest BCUT2D eigenvalue weighted by molar-refractivity contribution is 0.106. The van der Waals surface area contributed by atoms with Crippen molar-refractivity contribution < 1.29 is 26.7 Å². The van der Waals surface area contributed by atoms with Crippen molar-refractivity contribution in [2.75, 3.05) is 31.1 Å². The number of anilines is 1. The first-order valence-electron chi connectivity index (χ1n) is 21.5. The van der Waals surface area contributed by atoms with Crippen LogP contribution in [-0.4, -0.2) is 80.8 Å². The molecule has 308 valence electrons. The Morgan fingerprint density at radius 3 is 2.73 bits per heavy atom. The predicted molar refractivity (Wildman–Crippen MR) is 218 cm³/mol. The van der Waals surface area contributed by atoms with E-state index in [1.807, 2.05) is 6.07 Å². The maximum atomic E-state index is 17.5. The van der Waals surface area contributed by atoms with Gasteiger partial charge in [0.2, 0.25) is 0 Å². The Morgan fingerprint density at radius 2 is 1.86 bits per heavy atom. The lowest BCUT2D eigenvalue weighted by atomic mass is 9.92. The Balaban J connectivity index is 1.07. The highest BCUT2D eigenvalue weighted by Crippen LogP contribution is 2.46. The molecule has 5 aliphatic heterocycles. The summed E-state index contributed by atoms with van der Waals surface area (Å²) in [5, 5.41) is 1.63. The van der Waals surface area contributed by atoms with Crippen molar-refractivity contribution in [2.24, 2.45) is 0 Å². The van der Waals surface area contributed by atoms with Crippen molar-refractivity contribution in [3.63, 3.8) is 0 Å². The van der Waals surface area contributed by atoms with Crippen molar-refractivity contribution in [1.82, 2.24) is 24.8 Å². The maximum Gasteiger partial charge on any atom is 0.519 e. The molecule has 5 aromatic rings. The summed E-state index contributed by atoms with van der Waals surface area (Å²) in [6.07, 6.45) is 16.0. The molecule has 0 saturated carbocycles. The van der Waals surface area contributed by atoms with Gasteiger partial charge in [0.25, 0.3) is 0 Å². The van der Waals surface area contributed by atoms with E-state index in [1.165, 1.54) is 6.07 Å². The smallest absolute Gasteiger partial charge is 0.461 e. The van der Waals surface area contributed by atoms with Crippen molar-refractivity contribution in [3.8, 4) is 29.6 Å². The molecular weight excluding hydrogens is 758 g/mol. The third-order valence-corrected chi connectivity index (χ3v) is 13.9. The molecule has 0 radical (unpaired) electrons. The molecule has 0 spiro atoms. The van der Waals surface area contributed by atoms with Crippen LogP contribution in [0.4, 0.5) is 19.0 Å². The molecule has 4 fully saturated rings. The number of benzene rings is 2. The van der Waals surface area contributed by atoms with Gasteiger partial charge in [-0.3, -0.25) is 9.80 Å². The molecule has 0 amide bonds. The monoisotopic (exact) mass is 806 g/mol. The number of aromatic nitrogens is 3. The van der Waals surface area contributed by atoms with Crippen molar-refractivity contribution in [2.45, 2.75) is 127 Å². The van der Waals surface area contributed by atoms with E-state index in [9.17, 15) is 9.18 Å². The number of rotatable bonds is 11. The molecule has 8 heterocycles. The zero-order valence-electron chi connectivity index (χ0n) is 33.5. The van der Waals surface area contributed by atoms with Gasteiger partial charge in [-0.15, -0.1) is 6.42 Å². The fraction of sp³-hybridized carbons (Fsp3) is 0.522. The number of aryl methyl sites for hydroxylation is 2. The van der Waals surface area contributed by atoms with Gasteiger partial charge in [-0.2, -0.15) is 9.97 Å². The predicted octanol–water partition coefficient (Wildman–Crippen LogP) is 8.29. The van der Waals surface area contributed by atoms with Crippen molar-refractivity contribution in [1.29, 1.82) is 0 Å². The van der Waals surface area contributed by atoms with E-state index in [0.717, 1.165) is 70.8 Å². The molecule has 0 N–H and O–H groups in total. The second kappa shape index (κ2) is 15.3.